The number of Topliss-reactive ketones (excluding diaryl/α,β-unsaturated/α-hetero) is 1. The van der Waals surface area contributed by atoms with Gasteiger partial charge in [-0.1, -0.05) is 0 Å². The molecule has 4 nitrogen and oxygen atoms in total. The number of halogens is 3. The van der Waals surface area contributed by atoms with Crippen LogP contribution in [0.4, 0.5) is 4.39 Å². The average Bonchev–Trinajstić information content (AvgIpc) is 3.29. The number of hydrogen-bond acceptors (Lipinski definition) is 4. The molecule has 0 spiro atoms. The molecule has 0 aromatic heterocycles. The summed E-state index contributed by atoms with van der Waals surface area (Å²) in [5, 5.41) is 3.01. The number of carbonyl (C=O) groups is 2. The fraction of sp³-hybridized carbons (Fsp3) is 0.375. The molecule has 23 heavy (non-hydrogen) atoms. The molecule has 0 heterocycles. The quantitative estimate of drug-likeness (QED) is 0.178. The number of ether oxygens (including phenoxy) is 1. The van der Waals surface area contributed by atoms with Gasteiger partial charge in [0.2, 0.25) is 5.78 Å². The van der Waals surface area contributed by atoms with Gasteiger partial charge >= 0.3 is 5.97 Å². The Bertz CT molecular complexity index is 684. The highest BCUT2D eigenvalue weighted by atomic mass is 79.9. The summed E-state index contributed by atoms with van der Waals surface area (Å²) in [6.45, 7) is 3.31. The number of carbonyl (C=O) groups excluding carboxylic acids is 2. The summed E-state index contributed by atoms with van der Waals surface area (Å²) in [7, 11) is 0. The van der Waals surface area contributed by atoms with Gasteiger partial charge in [-0.2, -0.15) is 0 Å². The second kappa shape index (κ2) is 7.57. The third-order valence-corrected chi connectivity index (χ3v) is 4.62. The fourth-order valence-corrected chi connectivity index (χ4v) is 3.55. The molecule has 0 amide bonds. The van der Waals surface area contributed by atoms with Crippen LogP contribution in [0.5, 0.6) is 0 Å². The number of benzene rings is 1. The van der Waals surface area contributed by atoms with Gasteiger partial charge in [0.05, 0.1) is 11.1 Å². The Labute approximate surface area is 150 Å². The molecule has 124 valence electrons. The zero-order valence-corrected chi connectivity index (χ0v) is 15.9. The summed E-state index contributed by atoms with van der Waals surface area (Å²) < 4.78 is 19.7. The van der Waals surface area contributed by atoms with Crippen LogP contribution in [0.15, 0.2) is 26.8 Å². The lowest BCUT2D eigenvalue weighted by molar-refractivity contribution is -0.138. The molecule has 1 aliphatic carbocycles. The van der Waals surface area contributed by atoms with Gasteiger partial charge in [-0.25, -0.2) is 9.18 Å². The van der Waals surface area contributed by atoms with Crippen molar-refractivity contribution >= 4 is 43.6 Å². The Morgan fingerprint density at radius 1 is 1.39 bits per heavy atom. The molecule has 0 saturated heterocycles. The predicted octanol–water partition coefficient (Wildman–Crippen LogP) is 4.04. The highest BCUT2D eigenvalue weighted by Crippen LogP contribution is 2.31. The van der Waals surface area contributed by atoms with E-state index in [2.05, 4.69) is 37.2 Å². The van der Waals surface area contributed by atoms with Crippen molar-refractivity contribution in [3.63, 3.8) is 0 Å². The minimum atomic E-state index is -0.722. The largest absolute Gasteiger partial charge is 0.462 e. The van der Waals surface area contributed by atoms with Crippen molar-refractivity contribution in [1.82, 2.24) is 5.32 Å². The SMILES string of the molecule is CCOC(=O)C(=CNC1CC1)C(=O)c1c(Br)cc(Br)c(F)c1C. The maximum atomic E-state index is 14.1. The summed E-state index contributed by atoms with van der Waals surface area (Å²) in [6.07, 6.45) is 3.37. The topological polar surface area (TPSA) is 55.4 Å². The Kier molecular flexibility index (Phi) is 5.97. The van der Waals surface area contributed by atoms with Crippen molar-refractivity contribution in [3.05, 3.63) is 43.7 Å². The molecule has 1 aromatic carbocycles. The molecule has 1 aliphatic rings. The maximum absolute atomic E-state index is 14.1. The van der Waals surface area contributed by atoms with E-state index in [-0.39, 0.29) is 33.8 Å². The van der Waals surface area contributed by atoms with Crippen molar-refractivity contribution in [2.24, 2.45) is 0 Å². The summed E-state index contributed by atoms with van der Waals surface area (Å²) in [4.78, 5) is 24.9. The van der Waals surface area contributed by atoms with Crippen LogP contribution in [0, 0.1) is 12.7 Å². The van der Waals surface area contributed by atoms with Crippen molar-refractivity contribution < 1.29 is 18.7 Å². The second-order valence-corrected chi connectivity index (χ2v) is 6.91. The lowest BCUT2D eigenvalue weighted by atomic mass is 9.99. The molecular formula is C16H16Br2FNO3. The van der Waals surface area contributed by atoms with Crippen molar-refractivity contribution in [2.75, 3.05) is 6.61 Å². The summed E-state index contributed by atoms with van der Waals surface area (Å²) in [5.41, 5.74) is 0.143. The molecule has 1 fully saturated rings. The van der Waals surface area contributed by atoms with Crippen LogP contribution in [0.25, 0.3) is 0 Å². The summed E-state index contributed by atoms with van der Waals surface area (Å²) in [5.74, 6) is -1.83. The highest BCUT2D eigenvalue weighted by Gasteiger charge is 2.28. The number of hydrogen-bond donors (Lipinski definition) is 1. The van der Waals surface area contributed by atoms with Gasteiger partial charge in [-0.3, -0.25) is 4.79 Å². The van der Waals surface area contributed by atoms with E-state index < -0.39 is 17.6 Å². The molecule has 7 heteroatoms. The van der Waals surface area contributed by atoms with Crippen molar-refractivity contribution in [3.8, 4) is 0 Å². The molecule has 2 rings (SSSR count). The third-order valence-electron chi connectivity index (χ3n) is 3.41. The Morgan fingerprint density at radius 3 is 2.61 bits per heavy atom. The monoisotopic (exact) mass is 447 g/mol. The van der Waals surface area contributed by atoms with E-state index in [0.29, 0.717) is 4.47 Å². The molecule has 0 unspecified atom stereocenters. The van der Waals surface area contributed by atoms with E-state index in [1.54, 1.807) is 6.92 Å². The first-order valence-electron chi connectivity index (χ1n) is 7.18. The molecule has 0 atom stereocenters. The first kappa shape index (κ1) is 18.1. The van der Waals surface area contributed by atoms with Gasteiger partial charge in [-0.15, -0.1) is 0 Å². The molecule has 0 aliphatic heterocycles. The van der Waals surface area contributed by atoms with E-state index in [9.17, 15) is 14.0 Å². The van der Waals surface area contributed by atoms with Crippen LogP contribution in [-0.4, -0.2) is 24.4 Å². The first-order chi connectivity index (χ1) is 10.9. The normalized spacial score (nSPS) is 14.6. The molecule has 0 radical (unpaired) electrons. The highest BCUT2D eigenvalue weighted by molar-refractivity contribution is 9.11. The predicted molar refractivity (Wildman–Crippen MR) is 91.7 cm³/mol. The minimum Gasteiger partial charge on any atom is -0.462 e. The lowest BCUT2D eigenvalue weighted by Gasteiger charge is -2.12. The van der Waals surface area contributed by atoms with Crippen LogP contribution >= 0.6 is 31.9 Å². The molecule has 0 bridgehead atoms. The second-order valence-electron chi connectivity index (χ2n) is 5.20. The van der Waals surface area contributed by atoms with E-state index in [1.165, 1.54) is 19.2 Å². The van der Waals surface area contributed by atoms with Crippen molar-refractivity contribution in [2.45, 2.75) is 32.7 Å². The number of ketones is 1. The Balaban J connectivity index is 2.42. The first-order valence-corrected chi connectivity index (χ1v) is 8.77. The average molecular weight is 449 g/mol. The van der Waals surface area contributed by atoms with E-state index in [0.717, 1.165) is 12.8 Å². The fourth-order valence-electron chi connectivity index (χ4n) is 2.01. The smallest absolute Gasteiger partial charge is 0.343 e. The van der Waals surface area contributed by atoms with Gasteiger partial charge in [0.25, 0.3) is 0 Å². The maximum Gasteiger partial charge on any atom is 0.343 e. The number of esters is 1. The number of nitrogens with one attached hydrogen (secondary N) is 1. The minimum absolute atomic E-state index is 0.114. The molecule has 1 saturated carbocycles. The van der Waals surface area contributed by atoms with E-state index >= 15 is 0 Å². The Morgan fingerprint density at radius 2 is 2.04 bits per heavy atom. The summed E-state index contributed by atoms with van der Waals surface area (Å²) in [6, 6.07) is 1.73. The van der Waals surface area contributed by atoms with Gasteiger partial charge in [-0.05, 0) is 70.2 Å². The van der Waals surface area contributed by atoms with Gasteiger partial charge in [0, 0.05) is 22.3 Å². The van der Waals surface area contributed by atoms with Gasteiger partial charge in [0.1, 0.15) is 11.4 Å². The van der Waals surface area contributed by atoms with Crippen LogP contribution in [-0.2, 0) is 9.53 Å². The summed E-state index contributed by atoms with van der Waals surface area (Å²) >= 11 is 6.36. The van der Waals surface area contributed by atoms with E-state index in [1.807, 2.05) is 0 Å². The lowest BCUT2D eigenvalue weighted by Crippen LogP contribution is -2.21. The standard InChI is InChI=1S/C16H16Br2FNO3/c1-3-23-16(22)10(7-20-9-4-5-9)15(21)13-8(2)14(19)12(18)6-11(13)17/h6-7,9,20H,3-5H2,1-2H3. The molecule has 1 N–H and O–H groups in total. The van der Waals surface area contributed by atoms with E-state index in [4.69, 9.17) is 4.74 Å². The van der Waals surface area contributed by atoms with Crippen LogP contribution < -0.4 is 5.32 Å². The Hall–Kier alpha value is -1.21. The zero-order chi connectivity index (χ0) is 17.1. The van der Waals surface area contributed by atoms with Crippen LogP contribution in [0.1, 0.15) is 35.7 Å². The number of rotatable bonds is 6. The third kappa shape index (κ3) is 4.20. The molecular weight excluding hydrogens is 433 g/mol. The van der Waals surface area contributed by atoms with Crippen molar-refractivity contribution in [1.29, 1.82) is 0 Å². The zero-order valence-electron chi connectivity index (χ0n) is 12.7. The van der Waals surface area contributed by atoms with Crippen LogP contribution in [0.2, 0.25) is 0 Å². The molecule has 1 aromatic rings. The van der Waals surface area contributed by atoms with Gasteiger partial charge < -0.3 is 10.1 Å². The van der Waals surface area contributed by atoms with Crippen LogP contribution in [0.3, 0.4) is 0 Å². The van der Waals surface area contributed by atoms with Gasteiger partial charge in [0.15, 0.2) is 0 Å².